The molecule has 2 rings (SSSR count). The fourth-order valence-corrected chi connectivity index (χ4v) is 1.72. The van der Waals surface area contributed by atoms with Gasteiger partial charge in [0, 0.05) is 0 Å². The zero-order valence-electron chi connectivity index (χ0n) is 11.7. The molecule has 0 aromatic heterocycles. The molecular formula is C16H17N3O2. The van der Waals surface area contributed by atoms with Crippen molar-refractivity contribution in [1.29, 1.82) is 0 Å². The third kappa shape index (κ3) is 4.65. The Bertz CT molecular complexity index is 612. The number of anilines is 1. The Hall–Kier alpha value is -2.82. The molecule has 0 unspecified atom stereocenters. The normalized spacial score (nSPS) is 10.3. The summed E-state index contributed by atoms with van der Waals surface area (Å²) < 4.78 is 5.19. The number of amides is 1. The predicted octanol–water partition coefficient (Wildman–Crippen LogP) is 2.26. The number of nitrogens with one attached hydrogen (secondary N) is 2. The van der Waals surface area contributed by atoms with Crippen molar-refractivity contribution in [2.45, 2.75) is 0 Å². The zero-order chi connectivity index (χ0) is 14.9. The van der Waals surface area contributed by atoms with E-state index < -0.39 is 0 Å². The third-order valence-electron chi connectivity index (χ3n) is 2.75. The topological polar surface area (TPSA) is 62.7 Å². The van der Waals surface area contributed by atoms with Gasteiger partial charge in [0.1, 0.15) is 5.75 Å². The molecule has 0 aliphatic heterocycles. The minimum absolute atomic E-state index is 0.118. The first-order chi connectivity index (χ1) is 10.3. The van der Waals surface area contributed by atoms with Gasteiger partial charge in [-0.05, 0) is 17.7 Å². The molecule has 0 bridgehead atoms. The summed E-state index contributed by atoms with van der Waals surface area (Å²) in [5.41, 5.74) is 4.16. The summed E-state index contributed by atoms with van der Waals surface area (Å²) in [4.78, 5) is 11.7. The largest absolute Gasteiger partial charge is 0.495 e. The van der Waals surface area contributed by atoms with Gasteiger partial charge in [0.15, 0.2) is 0 Å². The number of hydrogen-bond donors (Lipinski definition) is 2. The number of carbonyl (C=O) groups excluding carboxylic acids is 1. The fraction of sp³-hybridized carbons (Fsp3) is 0.125. The first kappa shape index (κ1) is 14.6. The summed E-state index contributed by atoms with van der Waals surface area (Å²) >= 11 is 0. The first-order valence-electron chi connectivity index (χ1n) is 6.53. The maximum Gasteiger partial charge on any atom is 0.259 e. The van der Waals surface area contributed by atoms with E-state index in [9.17, 15) is 4.79 Å². The van der Waals surface area contributed by atoms with Crippen molar-refractivity contribution < 1.29 is 9.53 Å². The molecule has 0 fully saturated rings. The van der Waals surface area contributed by atoms with Crippen LogP contribution in [0.4, 0.5) is 5.69 Å². The standard InChI is InChI=1S/C16H17N3O2/c1-21-15-10-6-5-9-14(15)17-12-16(20)19-18-11-13-7-3-2-4-8-13/h2-11,17H,12H2,1H3,(H,19,20)/b18-11+. The average molecular weight is 283 g/mol. The van der Waals surface area contributed by atoms with E-state index in [0.29, 0.717) is 5.75 Å². The Labute approximate surface area is 123 Å². The Morgan fingerprint density at radius 2 is 1.86 bits per heavy atom. The van der Waals surface area contributed by atoms with Crippen LogP contribution in [0, 0.1) is 0 Å². The molecule has 0 saturated carbocycles. The van der Waals surface area contributed by atoms with E-state index in [4.69, 9.17) is 4.74 Å². The fourth-order valence-electron chi connectivity index (χ4n) is 1.72. The van der Waals surface area contributed by atoms with Gasteiger partial charge < -0.3 is 10.1 Å². The van der Waals surface area contributed by atoms with Gasteiger partial charge in [-0.1, -0.05) is 42.5 Å². The van der Waals surface area contributed by atoms with Gasteiger partial charge in [0.2, 0.25) is 0 Å². The molecule has 0 aliphatic rings. The van der Waals surface area contributed by atoms with Crippen LogP contribution in [0.3, 0.4) is 0 Å². The second-order valence-electron chi connectivity index (χ2n) is 4.26. The Kier molecular flexibility index (Phi) is 5.34. The molecule has 108 valence electrons. The lowest BCUT2D eigenvalue weighted by molar-refractivity contribution is -0.119. The molecule has 0 atom stereocenters. The number of rotatable bonds is 6. The average Bonchev–Trinajstić information content (AvgIpc) is 2.54. The highest BCUT2D eigenvalue weighted by Crippen LogP contribution is 2.22. The summed E-state index contributed by atoms with van der Waals surface area (Å²) in [6, 6.07) is 17.0. The van der Waals surface area contributed by atoms with E-state index in [1.165, 1.54) is 0 Å². The van der Waals surface area contributed by atoms with Crippen LogP contribution in [0.5, 0.6) is 5.75 Å². The van der Waals surface area contributed by atoms with Crippen LogP contribution < -0.4 is 15.5 Å². The molecular weight excluding hydrogens is 266 g/mol. The van der Waals surface area contributed by atoms with E-state index in [1.807, 2.05) is 54.6 Å². The van der Waals surface area contributed by atoms with Crippen molar-refractivity contribution >= 4 is 17.8 Å². The summed E-state index contributed by atoms with van der Waals surface area (Å²) in [5, 5.41) is 6.90. The van der Waals surface area contributed by atoms with Crippen molar-refractivity contribution in [1.82, 2.24) is 5.43 Å². The van der Waals surface area contributed by atoms with Gasteiger partial charge in [-0.3, -0.25) is 4.79 Å². The molecule has 1 amide bonds. The lowest BCUT2D eigenvalue weighted by Crippen LogP contribution is -2.26. The van der Waals surface area contributed by atoms with Crippen LogP contribution in [0.2, 0.25) is 0 Å². The highest BCUT2D eigenvalue weighted by atomic mass is 16.5. The van der Waals surface area contributed by atoms with Crippen LogP contribution in [0.25, 0.3) is 0 Å². The molecule has 0 aliphatic carbocycles. The molecule has 2 aromatic carbocycles. The first-order valence-corrected chi connectivity index (χ1v) is 6.53. The summed E-state index contributed by atoms with van der Waals surface area (Å²) in [6.45, 7) is 0.118. The Morgan fingerprint density at radius 1 is 1.14 bits per heavy atom. The van der Waals surface area contributed by atoms with Crippen LogP contribution in [0.1, 0.15) is 5.56 Å². The van der Waals surface area contributed by atoms with E-state index >= 15 is 0 Å². The van der Waals surface area contributed by atoms with Crippen molar-refractivity contribution in [2.75, 3.05) is 19.0 Å². The number of nitrogens with zero attached hydrogens (tertiary/aromatic N) is 1. The molecule has 0 saturated heterocycles. The minimum atomic E-state index is -0.229. The number of benzene rings is 2. The van der Waals surface area contributed by atoms with Crippen LogP contribution >= 0.6 is 0 Å². The van der Waals surface area contributed by atoms with Crippen molar-refractivity contribution in [3.05, 3.63) is 60.2 Å². The summed E-state index contributed by atoms with van der Waals surface area (Å²) in [5.74, 6) is 0.464. The van der Waals surface area contributed by atoms with E-state index in [0.717, 1.165) is 11.3 Å². The van der Waals surface area contributed by atoms with Crippen LogP contribution in [-0.4, -0.2) is 25.8 Å². The summed E-state index contributed by atoms with van der Waals surface area (Å²) in [7, 11) is 1.59. The minimum Gasteiger partial charge on any atom is -0.495 e. The highest BCUT2D eigenvalue weighted by Gasteiger charge is 2.03. The second kappa shape index (κ2) is 7.69. The molecule has 0 spiro atoms. The maximum atomic E-state index is 11.7. The van der Waals surface area contributed by atoms with Crippen molar-refractivity contribution in [3.63, 3.8) is 0 Å². The monoisotopic (exact) mass is 283 g/mol. The molecule has 5 nitrogen and oxygen atoms in total. The molecule has 0 heterocycles. The number of carbonyl (C=O) groups is 1. The molecule has 0 radical (unpaired) electrons. The Morgan fingerprint density at radius 3 is 2.62 bits per heavy atom. The molecule has 21 heavy (non-hydrogen) atoms. The highest BCUT2D eigenvalue weighted by molar-refractivity contribution is 5.84. The van der Waals surface area contributed by atoms with E-state index in [-0.39, 0.29) is 12.5 Å². The summed E-state index contributed by atoms with van der Waals surface area (Å²) in [6.07, 6.45) is 1.60. The van der Waals surface area contributed by atoms with Gasteiger partial charge in [-0.15, -0.1) is 0 Å². The number of methoxy groups -OCH3 is 1. The molecule has 2 N–H and O–H groups in total. The van der Waals surface area contributed by atoms with Crippen LogP contribution in [-0.2, 0) is 4.79 Å². The number of ether oxygens (including phenoxy) is 1. The quantitative estimate of drug-likeness (QED) is 0.631. The molecule has 2 aromatic rings. The van der Waals surface area contributed by atoms with E-state index in [1.54, 1.807) is 13.3 Å². The zero-order valence-corrected chi connectivity index (χ0v) is 11.7. The van der Waals surface area contributed by atoms with Gasteiger partial charge >= 0.3 is 0 Å². The van der Waals surface area contributed by atoms with Gasteiger partial charge in [0.25, 0.3) is 5.91 Å². The van der Waals surface area contributed by atoms with Crippen molar-refractivity contribution in [2.24, 2.45) is 5.10 Å². The number of hydrogen-bond acceptors (Lipinski definition) is 4. The SMILES string of the molecule is COc1ccccc1NCC(=O)N/N=C/c1ccccc1. The van der Waals surface area contributed by atoms with Gasteiger partial charge in [-0.2, -0.15) is 5.10 Å². The maximum absolute atomic E-state index is 11.7. The van der Waals surface area contributed by atoms with E-state index in [2.05, 4.69) is 15.8 Å². The third-order valence-corrected chi connectivity index (χ3v) is 2.75. The lowest BCUT2D eigenvalue weighted by atomic mass is 10.2. The molecule has 5 heteroatoms. The van der Waals surface area contributed by atoms with Crippen LogP contribution in [0.15, 0.2) is 59.7 Å². The second-order valence-corrected chi connectivity index (χ2v) is 4.26. The van der Waals surface area contributed by atoms with Gasteiger partial charge in [0.05, 0.1) is 25.6 Å². The van der Waals surface area contributed by atoms with Crippen molar-refractivity contribution in [3.8, 4) is 5.75 Å². The van der Waals surface area contributed by atoms with Gasteiger partial charge in [-0.25, -0.2) is 5.43 Å². The Balaban J connectivity index is 1.81. The number of hydrazone groups is 1. The smallest absolute Gasteiger partial charge is 0.259 e. The predicted molar refractivity (Wildman–Crippen MR) is 83.7 cm³/mol. The number of para-hydroxylation sites is 2. The lowest BCUT2D eigenvalue weighted by Gasteiger charge is -2.09.